The molecule has 1 rings (SSSR count). The molecule has 0 saturated carbocycles. The Balaban J connectivity index is 2.98. The number of hydrogen-bond donors (Lipinski definition) is 2. The van der Waals surface area contributed by atoms with Crippen LogP contribution in [0.4, 0.5) is 4.79 Å². The molecule has 0 radical (unpaired) electrons. The minimum absolute atomic E-state index is 0.0927. The van der Waals surface area contributed by atoms with Gasteiger partial charge in [0.15, 0.2) is 0 Å². The van der Waals surface area contributed by atoms with E-state index < -0.39 is 17.7 Å². The highest BCUT2D eigenvalue weighted by atomic mass is 16.5. The first-order valence-electron chi connectivity index (χ1n) is 6.98. The number of nitrogens with zero attached hydrogens (tertiary/aromatic N) is 1. The van der Waals surface area contributed by atoms with Crippen LogP contribution in [0.2, 0.25) is 0 Å². The van der Waals surface area contributed by atoms with Crippen LogP contribution in [-0.2, 0) is 9.53 Å². The van der Waals surface area contributed by atoms with Crippen molar-refractivity contribution in [1.29, 1.82) is 0 Å². The molecule has 0 unspecified atom stereocenters. The van der Waals surface area contributed by atoms with Crippen molar-refractivity contribution < 1.29 is 24.5 Å². The van der Waals surface area contributed by atoms with Crippen LogP contribution < -0.4 is 0 Å². The SMILES string of the molecule is CCOC(=O)CC[C@]1(C(C)(C)C)C[C@@H](O)CN1C(=O)O. The Bertz CT molecular complexity index is 376. The number of aliphatic hydroxyl groups is 1. The number of ether oxygens (including phenoxy) is 1. The number of aliphatic hydroxyl groups excluding tert-OH is 1. The summed E-state index contributed by atoms with van der Waals surface area (Å²) in [5.74, 6) is -0.331. The fraction of sp³-hybridized carbons (Fsp3) is 0.857. The van der Waals surface area contributed by atoms with Crippen molar-refractivity contribution in [3.8, 4) is 0 Å². The fourth-order valence-electron chi connectivity index (χ4n) is 3.08. The van der Waals surface area contributed by atoms with Crippen molar-refractivity contribution in [3.63, 3.8) is 0 Å². The maximum Gasteiger partial charge on any atom is 0.407 e. The molecule has 1 aliphatic heterocycles. The molecule has 1 fully saturated rings. The molecule has 0 aromatic carbocycles. The van der Waals surface area contributed by atoms with Gasteiger partial charge in [0.05, 0.1) is 24.8 Å². The van der Waals surface area contributed by atoms with Crippen molar-refractivity contribution in [2.75, 3.05) is 13.2 Å². The van der Waals surface area contributed by atoms with Gasteiger partial charge in [-0.3, -0.25) is 9.69 Å². The van der Waals surface area contributed by atoms with Gasteiger partial charge in [-0.25, -0.2) is 4.79 Å². The Labute approximate surface area is 119 Å². The zero-order valence-corrected chi connectivity index (χ0v) is 12.7. The van der Waals surface area contributed by atoms with E-state index in [2.05, 4.69) is 0 Å². The van der Waals surface area contributed by atoms with Crippen LogP contribution in [0.3, 0.4) is 0 Å². The highest BCUT2D eigenvalue weighted by Crippen LogP contribution is 2.46. The van der Waals surface area contributed by atoms with Crippen molar-refractivity contribution in [1.82, 2.24) is 4.90 Å². The number of likely N-dealkylation sites (tertiary alicyclic amines) is 1. The van der Waals surface area contributed by atoms with Crippen LogP contribution in [0.25, 0.3) is 0 Å². The van der Waals surface area contributed by atoms with E-state index in [4.69, 9.17) is 4.74 Å². The van der Waals surface area contributed by atoms with Gasteiger partial charge >= 0.3 is 12.1 Å². The highest BCUT2D eigenvalue weighted by Gasteiger charge is 2.54. The number of carbonyl (C=O) groups is 2. The van der Waals surface area contributed by atoms with E-state index >= 15 is 0 Å². The van der Waals surface area contributed by atoms with Crippen molar-refractivity contribution in [2.24, 2.45) is 5.41 Å². The highest BCUT2D eigenvalue weighted by molar-refractivity contribution is 5.70. The Hall–Kier alpha value is -1.30. The molecule has 0 aromatic heterocycles. The van der Waals surface area contributed by atoms with Crippen LogP contribution in [0, 0.1) is 5.41 Å². The number of hydrogen-bond acceptors (Lipinski definition) is 4. The quantitative estimate of drug-likeness (QED) is 0.771. The molecule has 2 N–H and O–H groups in total. The third kappa shape index (κ3) is 3.23. The molecule has 116 valence electrons. The summed E-state index contributed by atoms with van der Waals surface area (Å²) in [5, 5.41) is 19.3. The second-order valence-corrected chi connectivity index (χ2v) is 6.34. The molecule has 20 heavy (non-hydrogen) atoms. The average Bonchev–Trinajstić information content (AvgIpc) is 2.65. The van der Waals surface area contributed by atoms with Crippen LogP contribution in [0.5, 0.6) is 0 Å². The van der Waals surface area contributed by atoms with E-state index in [-0.39, 0.29) is 24.3 Å². The maximum atomic E-state index is 11.6. The number of carboxylic acid groups (broad SMARTS) is 1. The van der Waals surface area contributed by atoms with Crippen molar-refractivity contribution in [3.05, 3.63) is 0 Å². The summed E-state index contributed by atoms with van der Waals surface area (Å²) >= 11 is 0. The Morgan fingerprint density at radius 1 is 1.40 bits per heavy atom. The Morgan fingerprint density at radius 3 is 2.45 bits per heavy atom. The van der Waals surface area contributed by atoms with Gasteiger partial charge in [-0.05, 0) is 25.2 Å². The normalized spacial score (nSPS) is 26.6. The summed E-state index contributed by atoms with van der Waals surface area (Å²) in [6.45, 7) is 7.95. The molecule has 1 aliphatic rings. The van der Waals surface area contributed by atoms with Gasteiger partial charge in [-0.1, -0.05) is 20.8 Å². The second kappa shape index (κ2) is 5.99. The molecule has 1 heterocycles. The maximum absolute atomic E-state index is 11.6. The summed E-state index contributed by atoms with van der Waals surface area (Å²) in [6.07, 6.45) is -0.879. The lowest BCUT2D eigenvalue weighted by Crippen LogP contribution is -2.55. The second-order valence-electron chi connectivity index (χ2n) is 6.34. The molecule has 0 aromatic rings. The topological polar surface area (TPSA) is 87.1 Å². The first-order valence-corrected chi connectivity index (χ1v) is 6.98. The molecule has 1 saturated heterocycles. The minimum Gasteiger partial charge on any atom is -0.466 e. The predicted molar refractivity (Wildman–Crippen MR) is 73.4 cm³/mol. The summed E-state index contributed by atoms with van der Waals surface area (Å²) in [6, 6.07) is 0. The Morgan fingerprint density at radius 2 is 2.00 bits per heavy atom. The van der Waals surface area contributed by atoms with E-state index in [1.807, 2.05) is 20.8 Å². The van der Waals surface area contributed by atoms with Gasteiger partial charge in [0.2, 0.25) is 0 Å². The monoisotopic (exact) mass is 287 g/mol. The fourth-order valence-corrected chi connectivity index (χ4v) is 3.08. The van der Waals surface area contributed by atoms with Gasteiger partial charge in [-0.2, -0.15) is 0 Å². The van der Waals surface area contributed by atoms with E-state index in [0.29, 0.717) is 19.4 Å². The molecule has 0 spiro atoms. The minimum atomic E-state index is -1.06. The summed E-state index contributed by atoms with van der Waals surface area (Å²) in [7, 11) is 0. The summed E-state index contributed by atoms with van der Waals surface area (Å²) < 4.78 is 4.91. The smallest absolute Gasteiger partial charge is 0.407 e. The lowest BCUT2D eigenvalue weighted by molar-refractivity contribution is -0.144. The predicted octanol–water partition coefficient (Wildman–Crippen LogP) is 1.86. The average molecular weight is 287 g/mol. The largest absolute Gasteiger partial charge is 0.466 e. The Kier molecular flexibility index (Phi) is 5.02. The first-order chi connectivity index (χ1) is 9.14. The van der Waals surface area contributed by atoms with Gasteiger partial charge in [0.1, 0.15) is 0 Å². The molecule has 0 aliphatic carbocycles. The number of β-amino-alcohol motifs (C(OH)–C–C–N with tert-alkyl or cyclic N) is 1. The van der Waals surface area contributed by atoms with Crippen LogP contribution in [-0.4, -0.2) is 52.0 Å². The molecule has 6 nitrogen and oxygen atoms in total. The third-order valence-corrected chi connectivity index (χ3v) is 4.16. The molecule has 2 atom stereocenters. The van der Waals surface area contributed by atoms with Crippen LogP contribution >= 0.6 is 0 Å². The van der Waals surface area contributed by atoms with Crippen molar-refractivity contribution in [2.45, 2.75) is 58.6 Å². The standard InChI is InChI=1S/C14H25NO5/c1-5-20-11(17)6-7-14(13(2,3)4)8-10(16)9-15(14)12(18)19/h10,16H,5-9H2,1-4H3,(H,18,19)/t10-,14-/m1/s1. The number of rotatable bonds is 4. The number of esters is 1. The number of amides is 1. The van der Waals surface area contributed by atoms with E-state index in [0.717, 1.165) is 0 Å². The van der Waals surface area contributed by atoms with Gasteiger partial charge in [0.25, 0.3) is 0 Å². The van der Waals surface area contributed by atoms with Gasteiger partial charge < -0.3 is 14.9 Å². The summed E-state index contributed by atoms with van der Waals surface area (Å²) in [5.41, 5.74) is -1.12. The number of carbonyl (C=O) groups excluding carboxylic acids is 1. The van der Waals surface area contributed by atoms with E-state index in [9.17, 15) is 19.8 Å². The lowest BCUT2D eigenvalue weighted by Gasteiger charge is -2.47. The summed E-state index contributed by atoms with van der Waals surface area (Å²) in [4.78, 5) is 24.3. The molecular formula is C14H25NO5. The van der Waals surface area contributed by atoms with E-state index in [1.54, 1.807) is 6.92 Å². The molecular weight excluding hydrogens is 262 g/mol. The van der Waals surface area contributed by atoms with Gasteiger partial charge in [-0.15, -0.1) is 0 Å². The lowest BCUT2D eigenvalue weighted by atomic mass is 9.69. The van der Waals surface area contributed by atoms with E-state index in [1.165, 1.54) is 4.90 Å². The van der Waals surface area contributed by atoms with Crippen LogP contribution in [0.15, 0.2) is 0 Å². The molecule has 0 bridgehead atoms. The first kappa shape index (κ1) is 16.8. The van der Waals surface area contributed by atoms with Crippen LogP contribution in [0.1, 0.15) is 47.0 Å². The zero-order chi connectivity index (χ0) is 15.6. The molecule has 6 heteroatoms. The molecule has 1 amide bonds. The van der Waals surface area contributed by atoms with Gasteiger partial charge in [0, 0.05) is 6.42 Å². The van der Waals surface area contributed by atoms with Crippen molar-refractivity contribution >= 4 is 12.1 Å². The zero-order valence-electron chi connectivity index (χ0n) is 12.7. The third-order valence-electron chi connectivity index (χ3n) is 4.16.